The Balaban J connectivity index is 1.35. The molecule has 5 rings (SSSR count). The molecule has 1 saturated carbocycles. The zero-order valence-electron chi connectivity index (χ0n) is 21.4. The average molecular weight is 557 g/mol. The number of carbonyl (C=O) groups is 2. The van der Waals surface area contributed by atoms with E-state index in [0.717, 1.165) is 60.2 Å². The normalized spacial score (nSPS) is 16.5. The van der Waals surface area contributed by atoms with E-state index < -0.39 is 11.8 Å². The van der Waals surface area contributed by atoms with Crippen LogP contribution in [0.3, 0.4) is 0 Å². The van der Waals surface area contributed by atoms with Gasteiger partial charge in [-0.2, -0.15) is 0 Å². The SMILES string of the molecule is Cc1cc(-c2nnc(N(CC3CC3)C(=O)c3ccc(F)cc3Cl)s2)cc(C)c1CN1CCC(C(=O)O)CC1. The number of aliphatic carboxylic acids is 1. The number of rotatable bonds is 8. The number of aromatic nitrogens is 2. The molecule has 2 aromatic carbocycles. The fraction of sp³-hybridized carbons (Fsp3) is 0.429. The van der Waals surface area contributed by atoms with E-state index in [1.807, 2.05) is 0 Å². The van der Waals surface area contributed by atoms with Crippen LogP contribution in [-0.4, -0.2) is 51.7 Å². The van der Waals surface area contributed by atoms with Crippen molar-refractivity contribution >= 4 is 39.9 Å². The maximum Gasteiger partial charge on any atom is 0.306 e. The number of aryl methyl sites for hydroxylation is 2. The van der Waals surface area contributed by atoms with Crippen LogP contribution < -0.4 is 4.90 Å². The Morgan fingerprint density at radius 3 is 2.39 bits per heavy atom. The maximum absolute atomic E-state index is 13.6. The first-order valence-corrected chi connectivity index (χ1v) is 14.0. The molecule has 10 heteroatoms. The van der Waals surface area contributed by atoms with E-state index in [0.29, 0.717) is 30.4 Å². The molecule has 2 heterocycles. The number of benzene rings is 2. The Morgan fingerprint density at radius 1 is 1.11 bits per heavy atom. The van der Waals surface area contributed by atoms with Crippen molar-refractivity contribution in [3.8, 4) is 10.6 Å². The predicted octanol–water partition coefficient (Wildman–Crippen LogP) is 5.97. The van der Waals surface area contributed by atoms with E-state index in [4.69, 9.17) is 11.6 Å². The Bertz CT molecular complexity index is 1340. The molecular weight excluding hydrogens is 527 g/mol. The molecule has 1 amide bonds. The van der Waals surface area contributed by atoms with Crippen LogP contribution >= 0.6 is 22.9 Å². The third-order valence-corrected chi connectivity index (χ3v) is 8.76. The van der Waals surface area contributed by atoms with Gasteiger partial charge in [0.25, 0.3) is 5.91 Å². The van der Waals surface area contributed by atoms with Gasteiger partial charge in [0.1, 0.15) is 10.8 Å². The first-order valence-electron chi connectivity index (χ1n) is 12.9. The quantitative estimate of drug-likeness (QED) is 0.368. The standard InChI is InChI=1S/C28H30ClFN4O3S/c1-16-11-20(12-17(2)23(16)15-33-9-7-19(8-10-33)27(36)37)25-31-32-28(38-25)34(14-18-3-4-18)26(35)22-6-5-21(30)13-24(22)29/h5-6,11-13,18-19H,3-4,7-10,14-15H2,1-2H3,(H,36,37). The van der Waals surface area contributed by atoms with Gasteiger partial charge in [-0.3, -0.25) is 19.4 Å². The zero-order chi connectivity index (χ0) is 27.0. The topological polar surface area (TPSA) is 86.6 Å². The minimum absolute atomic E-state index is 0.0783. The minimum atomic E-state index is -0.698. The van der Waals surface area contributed by atoms with Gasteiger partial charge in [0.15, 0.2) is 0 Å². The maximum atomic E-state index is 13.6. The molecule has 0 bridgehead atoms. The largest absolute Gasteiger partial charge is 0.481 e. The van der Waals surface area contributed by atoms with Crippen LogP contribution in [0, 0.1) is 31.5 Å². The van der Waals surface area contributed by atoms with Crippen LogP contribution in [0.25, 0.3) is 10.6 Å². The molecule has 1 N–H and O–H groups in total. The second-order valence-electron chi connectivity index (χ2n) is 10.4. The number of hydrogen-bond donors (Lipinski definition) is 1. The number of carbonyl (C=O) groups excluding carboxylic acids is 1. The smallest absolute Gasteiger partial charge is 0.306 e. The first-order chi connectivity index (χ1) is 18.2. The summed E-state index contributed by atoms with van der Waals surface area (Å²) in [6.45, 7) is 7.03. The summed E-state index contributed by atoms with van der Waals surface area (Å²) in [6.07, 6.45) is 3.47. The highest BCUT2D eigenvalue weighted by atomic mass is 35.5. The second kappa shape index (κ2) is 11.1. The summed E-state index contributed by atoms with van der Waals surface area (Å²) in [5.74, 6) is -1.32. The lowest BCUT2D eigenvalue weighted by Gasteiger charge is -2.31. The summed E-state index contributed by atoms with van der Waals surface area (Å²) in [5.41, 5.74) is 4.70. The van der Waals surface area contributed by atoms with E-state index in [9.17, 15) is 19.1 Å². The van der Waals surface area contributed by atoms with Crippen LogP contribution in [0.1, 0.15) is 52.7 Å². The highest BCUT2D eigenvalue weighted by Gasteiger charge is 2.31. The van der Waals surface area contributed by atoms with E-state index in [1.54, 1.807) is 4.90 Å². The van der Waals surface area contributed by atoms with Gasteiger partial charge >= 0.3 is 5.97 Å². The van der Waals surface area contributed by atoms with Gasteiger partial charge in [-0.15, -0.1) is 10.2 Å². The van der Waals surface area contributed by atoms with Crippen molar-refractivity contribution in [1.29, 1.82) is 0 Å². The van der Waals surface area contributed by atoms with E-state index in [2.05, 4.69) is 41.1 Å². The van der Waals surface area contributed by atoms with Crippen LogP contribution in [0.2, 0.25) is 5.02 Å². The summed E-state index contributed by atoms with van der Waals surface area (Å²) in [7, 11) is 0. The molecule has 2 aliphatic rings. The number of likely N-dealkylation sites (tertiary alicyclic amines) is 1. The van der Waals surface area contributed by atoms with Crippen molar-refractivity contribution in [2.24, 2.45) is 11.8 Å². The van der Waals surface area contributed by atoms with Crippen LogP contribution in [-0.2, 0) is 11.3 Å². The van der Waals surface area contributed by atoms with Crippen molar-refractivity contribution in [3.63, 3.8) is 0 Å². The molecule has 1 aliphatic carbocycles. The molecule has 7 nitrogen and oxygen atoms in total. The molecule has 0 radical (unpaired) electrons. The molecule has 38 heavy (non-hydrogen) atoms. The van der Waals surface area contributed by atoms with Crippen LogP contribution in [0.4, 0.5) is 9.52 Å². The van der Waals surface area contributed by atoms with E-state index in [1.165, 1.54) is 29.0 Å². The monoisotopic (exact) mass is 556 g/mol. The van der Waals surface area contributed by atoms with Crippen molar-refractivity contribution in [3.05, 3.63) is 63.4 Å². The van der Waals surface area contributed by atoms with Crippen molar-refractivity contribution in [2.45, 2.75) is 46.1 Å². The molecule has 2 fully saturated rings. The molecule has 0 unspecified atom stereocenters. The van der Waals surface area contributed by atoms with Gasteiger partial charge in [0, 0.05) is 18.7 Å². The number of nitrogens with zero attached hydrogens (tertiary/aromatic N) is 4. The lowest BCUT2D eigenvalue weighted by atomic mass is 9.95. The van der Waals surface area contributed by atoms with Crippen molar-refractivity contribution in [1.82, 2.24) is 15.1 Å². The summed E-state index contributed by atoms with van der Waals surface area (Å²) >= 11 is 7.56. The number of halogens is 2. The molecule has 1 saturated heterocycles. The summed E-state index contributed by atoms with van der Waals surface area (Å²) in [5, 5.41) is 19.3. The fourth-order valence-corrected chi connectivity index (χ4v) is 6.07. The number of piperidine rings is 1. The van der Waals surface area contributed by atoms with Gasteiger partial charge in [-0.05, 0) is 106 Å². The molecule has 200 valence electrons. The predicted molar refractivity (Wildman–Crippen MR) is 146 cm³/mol. The third-order valence-electron chi connectivity index (χ3n) is 7.45. The van der Waals surface area contributed by atoms with E-state index in [-0.39, 0.29) is 22.4 Å². The molecule has 1 aromatic heterocycles. The minimum Gasteiger partial charge on any atom is -0.481 e. The molecule has 1 aliphatic heterocycles. The average Bonchev–Trinajstić information content (AvgIpc) is 3.57. The molecule has 3 aromatic rings. The Morgan fingerprint density at radius 2 is 1.79 bits per heavy atom. The zero-order valence-corrected chi connectivity index (χ0v) is 23.0. The van der Waals surface area contributed by atoms with Gasteiger partial charge in [-0.25, -0.2) is 4.39 Å². The van der Waals surface area contributed by atoms with Gasteiger partial charge in [-0.1, -0.05) is 22.9 Å². The molecule has 0 spiro atoms. The Hall–Kier alpha value is -2.88. The first kappa shape index (κ1) is 26.7. The van der Waals surface area contributed by atoms with Crippen molar-refractivity contribution < 1.29 is 19.1 Å². The van der Waals surface area contributed by atoms with Gasteiger partial charge in [0.05, 0.1) is 16.5 Å². The van der Waals surface area contributed by atoms with Crippen molar-refractivity contribution in [2.75, 3.05) is 24.5 Å². The number of hydrogen-bond acceptors (Lipinski definition) is 6. The summed E-state index contributed by atoms with van der Waals surface area (Å²) in [4.78, 5) is 28.6. The van der Waals surface area contributed by atoms with Crippen LogP contribution in [0.5, 0.6) is 0 Å². The van der Waals surface area contributed by atoms with Gasteiger partial charge < -0.3 is 5.11 Å². The number of anilines is 1. The lowest BCUT2D eigenvalue weighted by molar-refractivity contribution is -0.143. The lowest BCUT2D eigenvalue weighted by Crippen LogP contribution is -2.36. The number of carboxylic acids is 1. The summed E-state index contributed by atoms with van der Waals surface area (Å²) in [6, 6.07) is 8.00. The fourth-order valence-electron chi connectivity index (χ4n) is 4.98. The highest BCUT2D eigenvalue weighted by molar-refractivity contribution is 7.18. The molecular formula is C28H30ClFN4O3S. The van der Waals surface area contributed by atoms with Gasteiger partial charge in [0.2, 0.25) is 5.13 Å². The number of amides is 1. The number of carboxylic acid groups (broad SMARTS) is 1. The highest BCUT2D eigenvalue weighted by Crippen LogP contribution is 2.36. The third kappa shape index (κ3) is 5.90. The van der Waals surface area contributed by atoms with E-state index >= 15 is 0 Å². The Labute approximate surface area is 230 Å². The second-order valence-corrected chi connectivity index (χ2v) is 11.7. The Kier molecular flexibility index (Phi) is 7.79. The van der Waals surface area contributed by atoms with Crippen LogP contribution in [0.15, 0.2) is 30.3 Å². The molecule has 0 atom stereocenters. The summed E-state index contributed by atoms with van der Waals surface area (Å²) < 4.78 is 13.6.